The van der Waals surface area contributed by atoms with Crippen molar-refractivity contribution in [2.45, 2.75) is 45.4 Å². The number of carbonyl (C=O) groups is 1. The van der Waals surface area contributed by atoms with Crippen LogP contribution in [0.1, 0.15) is 45.4 Å². The normalized spacial score (nSPS) is 10.8. The average molecular weight is 256 g/mol. The fourth-order valence-corrected chi connectivity index (χ4v) is 1.28. The first-order chi connectivity index (χ1) is 8.68. The molecule has 0 unspecified atom stereocenters. The Kier molecular flexibility index (Phi) is 10.6. The summed E-state index contributed by atoms with van der Waals surface area (Å²) in [6, 6.07) is 0. The summed E-state index contributed by atoms with van der Waals surface area (Å²) in [5.41, 5.74) is 8.03. The molecule has 0 aromatic heterocycles. The van der Waals surface area contributed by atoms with Gasteiger partial charge in [0.25, 0.3) is 0 Å². The SMILES string of the molecule is C/C(=N\OCCCCCCCCN=[N+]=[N-])C(=O)O. The minimum absolute atomic E-state index is 0.0342. The van der Waals surface area contributed by atoms with E-state index in [1.165, 1.54) is 6.92 Å². The Balaban J connectivity index is 3.24. The molecular formula is C11H20N4O3. The van der Waals surface area contributed by atoms with Crippen molar-refractivity contribution in [3.05, 3.63) is 10.4 Å². The first-order valence-corrected chi connectivity index (χ1v) is 6.09. The molecule has 0 saturated carbocycles. The zero-order chi connectivity index (χ0) is 13.6. The van der Waals surface area contributed by atoms with Crippen LogP contribution in [0.3, 0.4) is 0 Å². The van der Waals surface area contributed by atoms with Crippen LogP contribution in [0, 0.1) is 0 Å². The quantitative estimate of drug-likeness (QED) is 0.153. The number of oxime groups is 1. The standard InChI is InChI=1S/C11H20N4O3/c1-10(11(16)17)14-18-9-7-5-3-2-4-6-8-13-15-12/h2-9H2,1H3,(H,16,17)/b14-10+. The van der Waals surface area contributed by atoms with Gasteiger partial charge >= 0.3 is 5.97 Å². The van der Waals surface area contributed by atoms with Crippen LogP contribution in [0.4, 0.5) is 0 Å². The summed E-state index contributed by atoms with van der Waals surface area (Å²) in [5, 5.41) is 15.4. The van der Waals surface area contributed by atoms with Crippen molar-refractivity contribution in [3.8, 4) is 0 Å². The molecule has 0 saturated heterocycles. The van der Waals surface area contributed by atoms with Crippen molar-refractivity contribution in [3.63, 3.8) is 0 Å². The smallest absolute Gasteiger partial charge is 0.353 e. The molecule has 0 aliphatic heterocycles. The molecule has 0 heterocycles. The van der Waals surface area contributed by atoms with Crippen molar-refractivity contribution in [2.24, 2.45) is 10.3 Å². The predicted octanol–water partition coefficient (Wildman–Crippen LogP) is 3.11. The monoisotopic (exact) mass is 256 g/mol. The molecule has 0 spiro atoms. The predicted molar refractivity (Wildman–Crippen MR) is 68.4 cm³/mol. The summed E-state index contributed by atoms with van der Waals surface area (Å²) in [5.74, 6) is -1.06. The van der Waals surface area contributed by atoms with E-state index >= 15 is 0 Å². The molecule has 0 aliphatic rings. The lowest BCUT2D eigenvalue weighted by molar-refractivity contribution is -0.129. The molecule has 7 nitrogen and oxygen atoms in total. The van der Waals surface area contributed by atoms with Gasteiger partial charge in [0.15, 0.2) is 5.71 Å². The highest BCUT2D eigenvalue weighted by atomic mass is 16.6. The maximum atomic E-state index is 10.4. The van der Waals surface area contributed by atoms with Gasteiger partial charge in [0.05, 0.1) is 0 Å². The van der Waals surface area contributed by atoms with Crippen LogP contribution in [0.5, 0.6) is 0 Å². The second kappa shape index (κ2) is 11.7. The highest BCUT2D eigenvalue weighted by molar-refractivity contribution is 6.34. The van der Waals surface area contributed by atoms with Crippen molar-refractivity contribution in [1.29, 1.82) is 0 Å². The lowest BCUT2D eigenvalue weighted by atomic mass is 10.1. The van der Waals surface area contributed by atoms with E-state index in [4.69, 9.17) is 15.5 Å². The summed E-state index contributed by atoms with van der Waals surface area (Å²) in [4.78, 5) is 17.9. The molecule has 18 heavy (non-hydrogen) atoms. The van der Waals surface area contributed by atoms with Crippen molar-refractivity contribution in [1.82, 2.24) is 0 Å². The first kappa shape index (κ1) is 16.2. The minimum Gasteiger partial charge on any atom is -0.477 e. The maximum absolute atomic E-state index is 10.4. The third-order valence-corrected chi connectivity index (χ3v) is 2.32. The fourth-order valence-electron chi connectivity index (χ4n) is 1.28. The van der Waals surface area contributed by atoms with Crippen LogP contribution in [0.25, 0.3) is 10.4 Å². The van der Waals surface area contributed by atoms with Gasteiger partial charge in [-0.25, -0.2) is 4.79 Å². The molecule has 7 heteroatoms. The van der Waals surface area contributed by atoms with Gasteiger partial charge in [0.1, 0.15) is 6.61 Å². The third kappa shape index (κ3) is 10.8. The lowest BCUT2D eigenvalue weighted by Gasteiger charge is -2.01. The molecule has 0 aromatic rings. The van der Waals surface area contributed by atoms with E-state index in [9.17, 15) is 4.79 Å². The third-order valence-electron chi connectivity index (χ3n) is 2.32. The second-order valence-electron chi connectivity index (χ2n) is 3.89. The molecular weight excluding hydrogens is 236 g/mol. The second-order valence-corrected chi connectivity index (χ2v) is 3.89. The van der Waals surface area contributed by atoms with Crippen molar-refractivity contribution >= 4 is 11.7 Å². The topological polar surface area (TPSA) is 108 Å². The number of azide groups is 1. The van der Waals surface area contributed by atoms with Gasteiger partial charge in [-0.1, -0.05) is 29.5 Å². The van der Waals surface area contributed by atoms with E-state index in [0.29, 0.717) is 13.2 Å². The molecule has 0 fully saturated rings. The molecule has 102 valence electrons. The van der Waals surface area contributed by atoms with E-state index < -0.39 is 5.97 Å². The summed E-state index contributed by atoms with van der Waals surface area (Å²) in [6.45, 7) is 2.41. The molecule has 1 N–H and O–H groups in total. The lowest BCUT2D eigenvalue weighted by Crippen LogP contribution is -2.08. The van der Waals surface area contributed by atoms with Gasteiger partial charge in [-0.05, 0) is 31.7 Å². The average Bonchev–Trinajstić information content (AvgIpc) is 2.35. The molecule has 0 amide bonds. The van der Waals surface area contributed by atoms with E-state index in [0.717, 1.165) is 38.5 Å². The summed E-state index contributed by atoms with van der Waals surface area (Å²) in [7, 11) is 0. The Morgan fingerprint density at radius 2 is 1.83 bits per heavy atom. The van der Waals surface area contributed by atoms with Crippen molar-refractivity contribution < 1.29 is 14.7 Å². The van der Waals surface area contributed by atoms with Gasteiger partial charge < -0.3 is 9.94 Å². The van der Waals surface area contributed by atoms with Crippen molar-refractivity contribution in [2.75, 3.05) is 13.2 Å². The molecule has 0 aliphatic carbocycles. The number of hydrogen-bond donors (Lipinski definition) is 1. The van der Waals surface area contributed by atoms with Gasteiger partial charge in [0.2, 0.25) is 0 Å². The first-order valence-electron chi connectivity index (χ1n) is 6.09. The van der Waals surface area contributed by atoms with E-state index in [-0.39, 0.29) is 5.71 Å². The maximum Gasteiger partial charge on any atom is 0.353 e. The van der Waals surface area contributed by atoms with Crippen LogP contribution < -0.4 is 0 Å². The molecule has 0 rings (SSSR count). The number of hydrogen-bond acceptors (Lipinski definition) is 4. The number of unbranched alkanes of at least 4 members (excludes halogenated alkanes) is 5. The highest BCUT2D eigenvalue weighted by Crippen LogP contribution is 2.05. The summed E-state index contributed by atoms with van der Waals surface area (Å²) in [6.07, 6.45) is 6.11. The Labute approximate surface area is 106 Å². The molecule has 0 atom stereocenters. The Bertz CT molecular complexity index is 311. The zero-order valence-electron chi connectivity index (χ0n) is 10.7. The zero-order valence-corrected chi connectivity index (χ0v) is 10.7. The van der Waals surface area contributed by atoms with Gasteiger partial charge in [-0.3, -0.25) is 0 Å². The number of carboxylic acids is 1. The summed E-state index contributed by atoms with van der Waals surface area (Å²) < 4.78 is 0. The van der Waals surface area contributed by atoms with E-state index in [2.05, 4.69) is 15.2 Å². The number of aliphatic carboxylic acids is 1. The van der Waals surface area contributed by atoms with Crippen LogP contribution >= 0.6 is 0 Å². The van der Waals surface area contributed by atoms with Crippen LogP contribution in [0.2, 0.25) is 0 Å². The van der Waals surface area contributed by atoms with Gasteiger partial charge in [-0.2, -0.15) is 0 Å². The fraction of sp³-hybridized carbons (Fsp3) is 0.818. The number of carboxylic acid groups (broad SMARTS) is 1. The molecule has 0 bridgehead atoms. The number of rotatable bonds is 11. The minimum atomic E-state index is -1.06. The largest absolute Gasteiger partial charge is 0.477 e. The van der Waals surface area contributed by atoms with E-state index in [1.54, 1.807) is 0 Å². The van der Waals surface area contributed by atoms with Gasteiger partial charge in [0, 0.05) is 11.5 Å². The Hall–Kier alpha value is -1.75. The Morgan fingerprint density at radius 3 is 2.44 bits per heavy atom. The molecule has 0 aromatic carbocycles. The Morgan fingerprint density at radius 1 is 1.22 bits per heavy atom. The number of nitrogens with zero attached hydrogens (tertiary/aromatic N) is 4. The van der Waals surface area contributed by atoms with E-state index in [1.807, 2.05) is 0 Å². The highest BCUT2D eigenvalue weighted by Gasteiger charge is 2.01. The van der Waals surface area contributed by atoms with Crippen LogP contribution in [-0.2, 0) is 9.63 Å². The van der Waals surface area contributed by atoms with Crippen LogP contribution in [0.15, 0.2) is 10.3 Å². The molecule has 0 radical (unpaired) electrons. The summed E-state index contributed by atoms with van der Waals surface area (Å²) >= 11 is 0. The van der Waals surface area contributed by atoms with Gasteiger partial charge in [-0.15, -0.1) is 0 Å². The van der Waals surface area contributed by atoms with Crippen LogP contribution in [-0.4, -0.2) is 29.9 Å².